The lowest BCUT2D eigenvalue weighted by atomic mass is 10.2. The molecule has 4 N–H and O–H groups in total. The number of hydrogen-bond acceptors (Lipinski definition) is 6. The summed E-state index contributed by atoms with van der Waals surface area (Å²) in [6, 6.07) is 9.52. The Morgan fingerprint density at radius 2 is 1.42 bits per heavy atom. The van der Waals surface area contributed by atoms with Gasteiger partial charge in [0, 0.05) is 17.3 Å². The highest BCUT2D eigenvalue weighted by Gasteiger charge is 2.06. The van der Waals surface area contributed by atoms with Crippen LogP contribution in [0.5, 0.6) is 11.6 Å². The van der Waals surface area contributed by atoms with Gasteiger partial charge in [0.2, 0.25) is 5.88 Å². The van der Waals surface area contributed by atoms with E-state index in [4.69, 9.17) is 20.9 Å². The molecule has 9 heteroatoms. The zero-order valence-electron chi connectivity index (χ0n) is 14.7. The van der Waals surface area contributed by atoms with Crippen LogP contribution in [0.2, 0.25) is 0 Å². The first kappa shape index (κ1) is 26.9. The lowest BCUT2D eigenvalue weighted by Gasteiger charge is -2.09. The van der Waals surface area contributed by atoms with Crippen molar-refractivity contribution in [1.29, 1.82) is 0 Å². The quantitative estimate of drug-likeness (QED) is 0.599. The molecular weight excluding hydrogens is 399 g/mol. The monoisotopic (exact) mass is 424 g/mol. The molecule has 26 heavy (non-hydrogen) atoms. The highest BCUT2D eigenvalue weighted by atomic mass is 35.5. The van der Waals surface area contributed by atoms with E-state index in [1.807, 2.05) is 37.3 Å². The number of ether oxygens (including phenoxy) is 2. The van der Waals surface area contributed by atoms with Gasteiger partial charge in [0.05, 0.1) is 13.2 Å². The number of benzene rings is 1. The molecule has 0 aliphatic rings. The van der Waals surface area contributed by atoms with Gasteiger partial charge in [-0.1, -0.05) is 0 Å². The molecular formula is C17H27Cl3N4O2. The second-order valence-electron chi connectivity index (χ2n) is 5.18. The van der Waals surface area contributed by atoms with Crippen LogP contribution in [0.3, 0.4) is 0 Å². The fourth-order valence-electron chi connectivity index (χ4n) is 1.98. The zero-order chi connectivity index (χ0) is 16.5. The molecule has 0 amide bonds. The predicted octanol–water partition coefficient (Wildman–Crippen LogP) is 3.17. The first-order valence-corrected chi connectivity index (χ1v) is 7.85. The van der Waals surface area contributed by atoms with Crippen LogP contribution in [-0.2, 0) is 0 Å². The van der Waals surface area contributed by atoms with Gasteiger partial charge in [-0.25, -0.2) is 4.98 Å². The largest absolute Gasteiger partial charge is 0.494 e. The third-order valence-electron chi connectivity index (χ3n) is 3.16. The van der Waals surface area contributed by atoms with Gasteiger partial charge in [-0.3, -0.25) is 0 Å². The number of hydrogen-bond donors (Lipinski definition) is 2. The van der Waals surface area contributed by atoms with Crippen molar-refractivity contribution in [3.05, 3.63) is 36.0 Å². The molecule has 1 aromatic heterocycles. The molecule has 0 bridgehead atoms. The van der Waals surface area contributed by atoms with Crippen molar-refractivity contribution in [3.8, 4) is 23.0 Å². The van der Waals surface area contributed by atoms with Crippen molar-refractivity contribution >= 4 is 37.2 Å². The molecule has 0 saturated heterocycles. The maximum absolute atomic E-state index is 5.61. The molecule has 0 aliphatic heterocycles. The summed E-state index contributed by atoms with van der Waals surface area (Å²) in [6.07, 6.45) is 1.64. The molecule has 1 heterocycles. The molecule has 0 atom stereocenters. The van der Waals surface area contributed by atoms with Crippen molar-refractivity contribution in [2.45, 2.75) is 19.8 Å². The Morgan fingerprint density at radius 3 is 2.00 bits per heavy atom. The predicted molar refractivity (Wildman–Crippen MR) is 112 cm³/mol. The maximum atomic E-state index is 5.61. The molecule has 1 aromatic carbocycles. The minimum Gasteiger partial charge on any atom is -0.494 e. The summed E-state index contributed by atoms with van der Waals surface area (Å²) in [5.74, 6) is 2.03. The molecule has 0 fully saturated rings. The van der Waals surface area contributed by atoms with Crippen LogP contribution in [-0.4, -0.2) is 36.3 Å². The molecule has 2 aromatic rings. The third kappa shape index (κ3) is 8.87. The molecule has 2 rings (SSSR count). The van der Waals surface area contributed by atoms with E-state index in [-0.39, 0.29) is 37.2 Å². The van der Waals surface area contributed by atoms with E-state index in [1.54, 1.807) is 0 Å². The van der Waals surface area contributed by atoms with Crippen molar-refractivity contribution in [2.75, 3.05) is 26.3 Å². The van der Waals surface area contributed by atoms with Gasteiger partial charge in [0.25, 0.3) is 0 Å². The number of nitrogens with two attached hydrogens (primary N) is 2. The summed E-state index contributed by atoms with van der Waals surface area (Å²) >= 11 is 0. The van der Waals surface area contributed by atoms with E-state index in [1.165, 1.54) is 0 Å². The highest BCUT2D eigenvalue weighted by molar-refractivity contribution is 5.86. The number of aromatic nitrogens is 2. The third-order valence-corrected chi connectivity index (χ3v) is 3.16. The smallest absolute Gasteiger partial charge is 0.217 e. The zero-order valence-corrected chi connectivity index (χ0v) is 17.2. The van der Waals surface area contributed by atoms with Crippen LogP contribution in [0.25, 0.3) is 11.4 Å². The lowest BCUT2D eigenvalue weighted by Crippen LogP contribution is -2.07. The van der Waals surface area contributed by atoms with E-state index in [2.05, 4.69) is 9.97 Å². The van der Waals surface area contributed by atoms with E-state index in [0.29, 0.717) is 38.0 Å². The van der Waals surface area contributed by atoms with Crippen LogP contribution < -0.4 is 20.9 Å². The first-order valence-electron chi connectivity index (χ1n) is 7.85. The summed E-state index contributed by atoms with van der Waals surface area (Å²) in [4.78, 5) is 8.91. The van der Waals surface area contributed by atoms with Gasteiger partial charge in [0.1, 0.15) is 5.75 Å². The SMILES string of the molecule is Cc1cc(OCCCN)nc(-c2ccc(OCCCN)cc2)n1.Cl.Cl.Cl. The number of nitrogens with zero attached hydrogens (tertiary/aromatic N) is 2. The Hall–Kier alpha value is -1.31. The van der Waals surface area contributed by atoms with Gasteiger partial charge < -0.3 is 20.9 Å². The fourth-order valence-corrected chi connectivity index (χ4v) is 1.98. The van der Waals surface area contributed by atoms with E-state index in [0.717, 1.165) is 29.8 Å². The highest BCUT2D eigenvalue weighted by Crippen LogP contribution is 2.22. The normalized spacial score (nSPS) is 9.35. The van der Waals surface area contributed by atoms with Gasteiger partial charge in [-0.2, -0.15) is 4.98 Å². The molecule has 0 saturated carbocycles. The van der Waals surface area contributed by atoms with Crippen LogP contribution >= 0.6 is 37.2 Å². The van der Waals surface area contributed by atoms with Gasteiger partial charge in [0.15, 0.2) is 5.82 Å². The molecule has 148 valence electrons. The topological polar surface area (TPSA) is 96.3 Å². The summed E-state index contributed by atoms with van der Waals surface area (Å²) in [7, 11) is 0. The number of rotatable bonds is 9. The van der Waals surface area contributed by atoms with Crippen molar-refractivity contribution in [2.24, 2.45) is 11.5 Å². The standard InChI is InChI=1S/C17H24N4O2.3ClH/c1-13-12-16(23-11-3-9-19)21-17(20-13)14-4-6-15(7-5-14)22-10-2-8-18;;;/h4-7,12H,2-3,8-11,18-19H2,1H3;3*1H. The Labute approximate surface area is 173 Å². The van der Waals surface area contributed by atoms with Crippen LogP contribution in [0, 0.1) is 6.92 Å². The van der Waals surface area contributed by atoms with Gasteiger partial charge in [-0.05, 0) is 57.1 Å². The van der Waals surface area contributed by atoms with Crippen LogP contribution in [0.4, 0.5) is 0 Å². The van der Waals surface area contributed by atoms with Crippen molar-refractivity contribution in [1.82, 2.24) is 9.97 Å². The van der Waals surface area contributed by atoms with E-state index < -0.39 is 0 Å². The second kappa shape index (κ2) is 14.8. The van der Waals surface area contributed by atoms with Crippen LogP contribution in [0.1, 0.15) is 18.5 Å². The Morgan fingerprint density at radius 1 is 0.846 bits per heavy atom. The lowest BCUT2D eigenvalue weighted by molar-refractivity contribution is 0.301. The van der Waals surface area contributed by atoms with E-state index >= 15 is 0 Å². The Kier molecular flexibility index (Phi) is 15.3. The molecule has 0 aliphatic carbocycles. The second-order valence-corrected chi connectivity index (χ2v) is 5.18. The number of halogens is 3. The summed E-state index contributed by atoms with van der Waals surface area (Å²) in [6.45, 7) is 4.33. The molecule has 0 spiro atoms. The van der Waals surface area contributed by atoms with Crippen molar-refractivity contribution < 1.29 is 9.47 Å². The van der Waals surface area contributed by atoms with Gasteiger partial charge in [-0.15, -0.1) is 37.2 Å². The fraction of sp³-hybridized carbons (Fsp3) is 0.412. The molecule has 6 nitrogen and oxygen atoms in total. The summed E-state index contributed by atoms with van der Waals surface area (Å²) in [5.41, 5.74) is 12.7. The summed E-state index contributed by atoms with van der Waals surface area (Å²) < 4.78 is 11.2. The minimum absolute atomic E-state index is 0. The molecule has 0 radical (unpaired) electrons. The average molecular weight is 426 g/mol. The van der Waals surface area contributed by atoms with E-state index in [9.17, 15) is 0 Å². The minimum atomic E-state index is 0. The van der Waals surface area contributed by atoms with Crippen LogP contribution in [0.15, 0.2) is 30.3 Å². The molecule has 0 unspecified atom stereocenters. The Bertz CT molecular complexity index is 615. The van der Waals surface area contributed by atoms with Gasteiger partial charge >= 0.3 is 0 Å². The maximum Gasteiger partial charge on any atom is 0.217 e. The number of aryl methyl sites for hydroxylation is 1. The summed E-state index contributed by atoms with van der Waals surface area (Å²) in [5, 5.41) is 0. The average Bonchev–Trinajstić information content (AvgIpc) is 2.55. The first-order chi connectivity index (χ1) is 11.2. The van der Waals surface area contributed by atoms with Crippen molar-refractivity contribution in [3.63, 3.8) is 0 Å². The Balaban J connectivity index is 0.